The summed E-state index contributed by atoms with van der Waals surface area (Å²) < 4.78 is 10.5. The number of rotatable bonds is 13. The van der Waals surface area contributed by atoms with Crippen LogP contribution < -0.4 is 21.1 Å². The van der Waals surface area contributed by atoms with Crippen molar-refractivity contribution in [3.05, 3.63) is 29.6 Å². The molecule has 2 rings (SSSR count). The zero-order valence-electron chi connectivity index (χ0n) is 17.5. The Labute approximate surface area is 196 Å². The maximum absolute atomic E-state index is 12.4. The zero-order chi connectivity index (χ0) is 22.6. The van der Waals surface area contributed by atoms with Crippen LogP contribution in [0.2, 0.25) is 0 Å². The lowest BCUT2D eigenvalue weighted by Gasteiger charge is -2.18. The molecule has 0 saturated carbocycles. The number of carbonyl (C=O) groups excluding carboxylic acids is 2. The second-order valence-electron chi connectivity index (χ2n) is 6.56. The number of amides is 1. The fraction of sp³-hybridized carbons (Fsp3) is 0.450. The van der Waals surface area contributed by atoms with Crippen molar-refractivity contribution in [2.45, 2.75) is 18.5 Å². The van der Waals surface area contributed by atoms with Gasteiger partial charge in [0.2, 0.25) is 5.88 Å². The minimum Gasteiger partial charge on any atom is -0.467 e. The molecular formula is C20H28N4O4S3. The summed E-state index contributed by atoms with van der Waals surface area (Å²) in [6.45, 7) is 0.187. The zero-order valence-corrected chi connectivity index (χ0v) is 20.0. The molecule has 0 spiro atoms. The van der Waals surface area contributed by atoms with Crippen LogP contribution in [-0.2, 0) is 14.3 Å². The molecule has 0 aliphatic heterocycles. The molecule has 0 aromatic carbocycles. The van der Waals surface area contributed by atoms with E-state index in [4.69, 9.17) is 15.2 Å². The van der Waals surface area contributed by atoms with Gasteiger partial charge in [0.15, 0.2) is 6.61 Å². The van der Waals surface area contributed by atoms with Crippen molar-refractivity contribution in [3.63, 3.8) is 0 Å². The van der Waals surface area contributed by atoms with Gasteiger partial charge in [0, 0.05) is 18.3 Å². The van der Waals surface area contributed by atoms with Crippen LogP contribution in [0.15, 0.2) is 29.6 Å². The lowest BCUT2D eigenvalue weighted by molar-refractivity contribution is -0.145. The van der Waals surface area contributed by atoms with E-state index in [0.717, 1.165) is 10.6 Å². The number of anilines is 1. The Kier molecular flexibility index (Phi) is 11.0. The van der Waals surface area contributed by atoms with Crippen LogP contribution in [0.25, 0.3) is 10.6 Å². The maximum atomic E-state index is 12.4. The Morgan fingerprint density at radius 1 is 1.35 bits per heavy atom. The first-order valence-electron chi connectivity index (χ1n) is 9.62. The molecule has 0 fully saturated rings. The summed E-state index contributed by atoms with van der Waals surface area (Å²) in [7, 11) is 1.30. The molecule has 170 valence electrons. The van der Waals surface area contributed by atoms with Crippen LogP contribution >= 0.6 is 35.7 Å². The third-order valence-corrected chi connectivity index (χ3v) is 6.20. The normalized spacial score (nSPS) is 12.6. The Morgan fingerprint density at radius 2 is 2.16 bits per heavy atom. The fourth-order valence-corrected chi connectivity index (χ4v) is 3.84. The molecule has 1 unspecified atom stereocenters. The summed E-state index contributed by atoms with van der Waals surface area (Å²) in [6, 6.07) is 6.76. The van der Waals surface area contributed by atoms with Gasteiger partial charge < -0.3 is 25.8 Å². The van der Waals surface area contributed by atoms with E-state index >= 15 is 0 Å². The Morgan fingerprint density at radius 3 is 2.81 bits per heavy atom. The number of esters is 1. The molecule has 0 aliphatic rings. The number of thiol groups is 1. The van der Waals surface area contributed by atoms with E-state index in [9.17, 15) is 9.59 Å². The smallest absolute Gasteiger partial charge is 0.328 e. The largest absolute Gasteiger partial charge is 0.467 e. The summed E-state index contributed by atoms with van der Waals surface area (Å²) in [5.74, 6) is 0.606. The number of nitrogens with two attached hydrogens (primary N) is 1. The lowest BCUT2D eigenvalue weighted by Crippen LogP contribution is -2.44. The highest BCUT2D eigenvalue weighted by Gasteiger charge is 2.21. The topological polar surface area (TPSA) is 116 Å². The Balaban J connectivity index is 2.09. The molecule has 2 heterocycles. The van der Waals surface area contributed by atoms with Crippen molar-refractivity contribution in [1.29, 1.82) is 0 Å². The third-order valence-electron chi connectivity index (χ3n) is 4.19. The summed E-state index contributed by atoms with van der Waals surface area (Å²) in [6.07, 6.45) is 2.40. The minimum atomic E-state index is -0.718. The van der Waals surface area contributed by atoms with E-state index in [1.54, 1.807) is 23.1 Å². The second-order valence-corrected chi connectivity index (χ2v) is 8.86. The summed E-state index contributed by atoms with van der Waals surface area (Å²) in [4.78, 5) is 29.9. The van der Waals surface area contributed by atoms with Gasteiger partial charge in [-0.1, -0.05) is 6.07 Å². The van der Waals surface area contributed by atoms with Crippen LogP contribution in [0.4, 0.5) is 5.69 Å². The van der Waals surface area contributed by atoms with E-state index in [1.807, 2.05) is 35.9 Å². The number of aromatic nitrogens is 1. The van der Waals surface area contributed by atoms with Crippen molar-refractivity contribution >= 4 is 53.3 Å². The van der Waals surface area contributed by atoms with Crippen LogP contribution in [0.5, 0.6) is 5.88 Å². The lowest BCUT2D eigenvalue weighted by atomic mass is 10.2. The monoisotopic (exact) mass is 484 g/mol. The molecule has 1 amide bonds. The first kappa shape index (κ1) is 25.3. The van der Waals surface area contributed by atoms with Gasteiger partial charge in [-0.05, 0) is 42.0 Å². The van der Waals surface area contributed by atoms with Crippen LogP contribution in [0.3, 0.4) is 0 Å². The molecule has 0 saturated heterocycles. The minimum absolute atomic E-state index is 0.145. The molecule has 0 aliphatic carbocycles. The van der Waals surface area contributed by atoms with E-state index in [1.165, 1.54) is 7.11 Å². The van der Waals surface area contributed by atoms with Crippen molar-refractivity contribution in [2.24, 2.45) is 5.73 Å². The highest BCUT2D eigenvalue weighted by Crippen LogP contribution is 2.29. The number of thiophene rings is 1. The van der Waals surface area contributed by atoms with Crippen molar-refractivity contribution in [2.75, 3.05) is 43.3 Å². The Hall–Kier alpha value is -1.95. The van der Waals surface area contributed by atoms with Crippen molar-refractivity contribution < 1.29 is 19.1 Å². The van der Waals surface area contributed by atoms with Gasteiger partial charge in [0.25, 0.3) is 5.91 Å². The number of nitrogens with zero attached hydrogens (tertiary/aromatic N) is 1. The first-order valence-corrected chi connectivity index (χ1v) is 12.5. The highest BCUT2D eigenvalue weighted by molar-refractivity contribution is 7.98. The van der Waals surface area contributed by atoms with Gasteiger partial charge in [-0.25, -0.2) is 9.78 Å². The number of methoxy groups -OCH3 is 1. The average Bonchev–Trinajstić information content (AvgIpc) is 3.33. The quantitative estimate of drug-likeness (QED) is 0.253. The molecule has 2 aromatic heterocycles. The average molecular weight is 485 g/mol. The second kappa shape index (κ2) is 13.5. The van der Waals surface area contributed by atoms with Gasteiger partial charge in [-0.2, -0.15) is 24.4 Å². The van der Waals surface area contributed by atoms with Crippen molar-refractivity contribution in [3.8, 4) is 16.5 Å². The van der Waals surface area contributed by atoms with E-state index in [-0.39, 0.29) is 18.5 Å². The molecule has 2 aromatic rings. The predicted octanol–water partition coefficient (Wildman–Crippen LogP) is 2.27. The highest BCUT2D eigenvalue weighted by atomic mass is 32.2. The number of carbonyl (C=O) groups is 2. The third kappa shape index (κ3) is 8.24. The summed E-state index contributed by atoms with van der Waals surface area (Å²) in [5.41, 5.74) is 7.29. The van der Waals surface area contributed by atoms with Gasteiger partial charge in [0.1, 0.15) is 6.04 Å². The number of pyridine rings is 1. The number of thioether (sulfide) groups is 1. The molecular weight excluding hydrogens is 456 g/mol. The number of nitrogens with one attached hydrogen (secondary N) is 2. The van der Waals surface area contributed by atoms with Crippen LogP contribution in [-0.4, -0.2) is 67.0 Å². The molecule has 2 atom stereocenters. The van der Waals surface area contributed by atoms with E-state index < -0.39 is 17.9 Å². The summed E-state index contributed by atoms with van der Waals surface area (Å²) >= 11 is 7.33. The molecule has 31 heavy (non-hydrogen) atoms. The van der Waals surface area contributed by atoms with Gasteiger partial charge >= 0.3 is 5.97 Å². The summed E-state index contributed by atoms with van der Waals surface area (Å²) in [5, 5.41) is 7.82. The Bertz CT molecular complexity index is 836. The first-order chi connectivity index (χ1) is 15.0. The molecule has 0 radical (unpaired) electrons. The predicted molar refractivity (Wildman–Crippen MR) is 130 cm³/mol. The van der Waals surface area contributed by atoms with Gasteiger partial charge in [-0.3, -0.25) is 4.79 Å². The SMILES string of the molecule is COC(=O)[C@H](CCSC)NC(=O)COc1nc(-c2cccs2)ccc1NCC(N)CS. The van der Waals surface area contributed by atoms with E-state index in [2.05, 4.69) is 28.2 Å². The van der Waals surface area contributed by atoms with E-state index in [0.29, 0.717) is 30.2 Å². The van der Waals surface area contributed by atoms with Crippen LogP contribution in [0.1, 0.15) is 6.42 Å². The molecule has 11 heteroatoms. The number of ether oxygens (including phenoxy) is 2. The molecule has 0 bridgehead atoms. The van der Waals surface area contributed by atoms with Gasteiger partial charge in [-0.15, -0.1) is 11.3 Å². The standard InChI is InChI=1S/C20H28N4O4S3/c1-27-20(26)16(7-9-30-2)23-18(25)11-28-19-15(22-10-13(21)12-29)6-5-14(24-19)17-4-3-8-31-17/h3-6,8,13,16,22,29H,7,9-12,21H2,1-2H3,(H,23,25)/t13?,16-/m0/s1. The van der Waals surface area contributed by atoms with Crippen LogP contribution in [0, 0.1) is 0 Å². The molecule has 8 nitrogen and oxygen atoms in total. The maximum Gasteiger partial charge on any atom is 0.328 e. The fourth-order valence-electron chi connectivity index (χ4n) is 2.55. The molecule has 4 N–H and O–H groups in total. The van der Waals surface area contributed by atoms with Gasteiger partial charge in [0.05, 0.1) is 23.4 Å². The number of hydrogen-bond acceptors (Lipinski definition) is 10. The number of hydrogen-bond donors (Lipinski definition) is 4. The van der Waals surface area contributed by atoms with Crippen molar-refractivity contribution in [1.82, 2.24) is 10.3 Å².